The summed E-state index contributed by atoms with van der Waals surface area (Å²) in [5.41, 5.74) is 0. The first-order valence-electron chi connectivity index (χ1n) is 4.96. The van der Waals surface area contributed by atoms with Gasteiger partial charge in [0.05, 0.1) is 0 Å². The van der Waals surface area contributed by atoms with E-state index in [4.69, 9.17) is 0 Å². The first-order valence-corrected chi connectivity index (χ1v) is 4.96. The van der Waals surface area contributed by atoms with Crippen molar-refractivity contribution in [3.63, 3.8) is 0 Å². The van der Waals surface area contributed by atoms with Crippen LogP contribution in [0.15, 0.2) is 0 Å². The second kappa shape index (κ2) is 4.10. The Morgan fingerprint density at radius 2 is 1.64 bits per heavy atom. The van der Waals surface area contributed by atoms with Crippen LogP contribution in [0.2, 0.25) is 0 Å². The molecule has 1 aliphatic rings. The third-order valence-corrected chi connectivity index (χ3v) is 2.70. The molecule has 1 atom stereocenters. The number of hydrogen-bond acceptors (Lipinski definition) is 1. The van der Waals surface area contributed by atoms with E-state index in [0.717, 1.165) is 12.0 Å². The lowest BCUT2D eigenvalue weighted by atomic mass is 9.99. The van der Waals surface area contributed by atoms with Gasteiger partial charge in [0.1, 0.15) is 0 Å². The third kappa shape index (κ3) is 2.82. The molecule has 0 bridgehead atoms. The summed E-state index contributed by atoms with van der Waals surface area (Å²) in [6, 6.07) is 1.38. The number of rotatable bonds is 3. The Kier molecular flexibility index (Phi) is 3.38. The predicted octanol–water partition coefficient (Wildman–Crippen LogP) is 2.56. The van der Waals surface area contributed by atoms with Crippen molar-refractivity contribution >= 4 is 0 Å². The molecule has 0 aromatic carbocycles. The normalized spacial score (nSPS) is 22.9. The molecule has 0 aromatic rings. The van der Waals surface area contributed by atoms with Crippen LogP contribution in [0.4, 0.5) is 0 Å². The highest BCUT2D eigenvalue weighted by Crippen LogP contribution is 2.27. The molecule has 0 unspecified atom stereocenters. The van der Waals surface area contributed by atoms with Gasteiger partial charge >= 0.3 is 0 Å². The maximum Gasteiger partial charge on any atom is 0.00693 e. The van der Waals surface area contributed by atoms with E-state index in [-0.39, 0.29) is 0 Å². The zero-order chi connectivity index (χ0) is 8.27. The van der Waals surface area contributed by atoms with Crippen molar-refractivity contribution in [3.05, 3.63) is 0 Å². The molecule has 0 saturated heterocycles. The van der Waals surface area contributed by atoms with Gasteiger partial charge in [-0.25, -0.2) is 0 Å². The zero-order valence-corrected chi connectivity index (χ0v) is 8.06. The van der Waals surface area contributed by atoms with Crippen LogP contribution in [0.5, 0.6) is 0 Å². The molecule has 11 heavy (non-hydrogen) atoms. The molecular weight excluding hydrogens is 134 g/mol. The number of hydrogen-bond donors (Lipinski definition) is 1. The van der Waals surface area contributed by atoms with Gasteiger partial charge in [0.25, 0.3) is 0 Å². The van der Waals surface area contributed by atoms with E-state index in [1.807, 2.05) is 0 Å². The maximum atomic E-state index is 3.58. The largest absolute Gasteiger partial charge is 0.312 e. The molecule has 1 fully saturated rings. The maximum absolute atomic E-state index is 3.58. The van der Waals surface area contributed by atoms with E-state index < -0.39 is 0 Å². The molecule has 0 amide bonds. The molecule has 1 aliphatic carbocycles. The van der Waals surface area contributed by atoms with Gasteiger partial charge in [-0.05, 0) is 25.7 Å². The summed E-state index contributed by atoms with van der Waals surface area (Å²) in [4.78, 5) is 0. The molecule has 1 saturated carbocycles. The van der Waals surface area contributed by atoms with Crippen molar-refractivity contribution in [2.45, 2.75) is 58.5 Å². The van der Waals surface area contributed by atoms with Crippen molar-refractivity contribution in [1.29, 1.82) is 0 Å². The molecular formula is C10H21N. The first kappa shape index (κ1) is 9.05. The quantitative estimate of drug-likeness (QED) is 0.660. The van der Waals surface area contributed by atoms with Crippen LogP contribution >= 0.6 is 0 Å². The smallest absolute Gasteiger partial charge is 0.00693 e. The predicted molar refractivity (Wildman–Crippen MR) is 49.7 cm³/mol. The molecule has 0 radical (unpaired) electrons. The highest BCUT2D eigenvalue weighted by Gasteiger charge is 2.21. The van der Waals surface area contributed by atoms with Gasteiger partial charge in [-0.2, -0.15) is 0 Å². The first-order chi connectivity index (χ1) is 5.20. The Hall–Kier alpha value is -0.0400. The second-order valence-corrected chi connectivity index (χ2v) is 4.15. The Morgan fingerprint density at radius 3 is 2.09 bits per heavy atom. The van der Waals surface area contributed by atoms with Crippen LogP contribution in [0, 0.1) is 5.92 Å². The summed E-state index contributed by atoms with van der Waals surface area (Å²) in [6.07, 6.45) is 5.80. The summed E-state index contributed by atoms with van der Waals surface area (Å²) >= 11 is 0. The van der Waals surface area contributed by atoms with E-state index in [2.05, 4.69) is 26.1 Å². The van der Waals surface area contributed by atoms with E-state index in [1.54, 1.807) is 0 Å². The third-order valence-electron chi connectivity index (χ3n) is 2.70. The second-order valence-electron chi connectivity index (χ2n) is 4.15. The average Bonchev–Trinajstić information content (AvgIpc) is 2.35. The standard InChI is InChI=1S/C10H21N/c1-8(2)11-9(3)10-6-4-5-7-10/h8-11H,4-7H2,1-3H3/t9-/m1/s1. The van der Waals surface area contributed by atoms with Crippen LogP contribution in [-0.4, -0.2) is 12.1 Å². The minimum absolute atomic E-state index is 0.644. The summed E-state index contributed by atoms with van der Waals surface area (Å²) in [5, 5.41) is 3.58. The van der Waals surface area contributed by atoms with Gasteiger partial charge in [0.15, 0.2) is 0 Å². The Balaban J connectivity index is 2.22. The van der Waals surface area contributed by atoms with Crippen molar-refractivity contribution in [3.8, 4) is 0 Å². The molecule has 1 rings (SSSR count). The van der Waals surface area contributed by atoms with Crippen molar-refractivity contribution in [2.24, 2.45) is 5.92 Å². The molecule has 0 aliphatic heterocycles. The van der Waals surface area contributed by atoms with Crippen LogP contribution in [0.25, 0.3) is 0 Å². The fourth-order valence-corrected chi connectivity index (χ4v) is 2.12. The molecule has 66 valence electrons. The molecule has 0 spiro atoms. The summed E-state index contributed by atoms with van der Waals surface area (Å²) in [7, 11) is 0. The van der Waals surface area contributed by atoms with Crippen LogP contribution in [0.1, 0.15) is 46.5 Å². The zero-order valence-electron chi connectivity index (χ0n) is 8.06. The lowest BCUT2D eigenvalue weighted by molar-refractivity contribution is 0.358. The summed E-state index contributed by atoms with van der Waals surface area (Å²) in [5.74, 6) is 0.956. The minimum atomic E-state index is 0.644. The van der Waals surface area contributed by atoms with Gasteiger partial charge in [0, 0.05) is 12.1 Å². The van der Waals surface area contributed by atoms with Gasteiger partial charge in [-0.15, -0.1) is 0 Å². The topological polar surface area (TPSA) is 12.0 Å². The molecule has 1 N–H and O–H groups in total. The van der Waals surface area contributed by atoms with Crippen molar-refractivity contribution in [1.82, 2.24) is 5.32 Å². The SMILES string of the molecule is CC(C)N[C@H](C)C1CCCC1. The van der Waals surface area contributed by atoms with E-state index >= 15 is 0 Å². The van der Waals surface area contributed by atoms with E-state index in [9.17, 15) is 0 Å². The fourth-order valence-electron chi connectivity index (χ4n) is 2.12. The van der Waals surface area contributed by atoms with E-state index in [0.29, 0.717) is 6.04 Å². The van der Waals surface area contributed by atoms with Gasteiger partial charge in [-0.1, -0.05) is 26.7 Å². The van der Waals surface area contributed by atoms with Gasteiger partial charge < -0.3 is 5.32 Å². The fraction of sp³-hybridized carbons (Fsp3) is 1.00. The average molecular weight is 155 g/mol. The van der Waals surface area contributed by atoms with Gasteiger partial charge in [0.2, 0.25) is 0 Å². The Morgan fingerprint density at radius 1 is 1.09 bits per heavy atom. The van der Waals surface area contributed by atoms with Crippen LogP contribution in [-0.2, 0) is 0 Å². The van der Waals surface area contributed by atoms with Crippen molar-refractivity contribution in [2.75, 3.05) is 0 Å². The van der Waals surface area contributed by atoms with Gasteiger partial charge in [-0.3, -0.25) is 0 Å². The molecule has 0 aromatic heterocycles. The summed E-state index contributed by atoms with van der Waals surface area (Å²) < 4.78 is 0. The highest BCUT2D eigenvalue weighted by atomic mass is 14.9. The molecule has 0 heterocycles. The van der Waals surface area contributed by atoms with Crippen LogP contribution < -0.4 is 5.32 Å². The monoisotopic (exact) mass is 155 g/mol. The lowest BCUT2D eigenvalue weighted by Gasteiger charge is -2.22. The molecule has 1 nitrogen and oxygen atoms in total. The highest BCUT2D eigenvalue weighted by molar-refractivity contribution is 4.78. The minimum Gasteiger partial charge on any atom is -0.312 e. The molecule has 1 heteroatoms. The lowest BCUT2D eigenvalue weighted by Crippen LogP contribution is -2.37. The number of nitrogens with one attached hydrogen (secondary N) is 1. The van der Waals surface area contributed by atoms with E-state index in [1.165, 1.54) is 25.7 Å². The van der Waals surface area contributed by atoms with Crippen LogP contribution in [0.3, 0.4) is 0 Å². The summed E-state index contributed by atoms with van der Waals surface area (Å²) in [6.45, 7) is 6.78. The van der Waals surface area contributed by atoms with Crippen molar-refractivity contribution < 1.29 is 0 Å². The Bertz CT molecular complexity index is 103. The Labute approximate surface area is 70.6 Å².